The lowest BCUT2D eigenvalue weighted by Gasteiger charge is -2.19. The third-order valence-electron chi connectivity index (χ3n) is 4.08. The number of benzene rings is 1. The van der Waals surface area contributed by atoms with E-state index in [4.69, 9.17) is 16.3 Å². The Bertz CT molecular complexity index is 482. The van der Waals surface area contributed by atoms with Crippen LogP contribution in [0.5, 0.6) is 0 Å². The van der Waals surface area contributed by atoms with Crippen LogP contribution in [0.4, 0.5) is 4.79 Å². The molecule has 1 aromatic rings. The first-order chi connectivity index (χ1) is 8.64. The molecule has 1 saturated carbocycles. The standard InChI is InChI=1S/C16H21ClO2/c1-15(2,3)11-8-6-10(7-9-11)12-13(16(12,4)5)19-14(17)18/h6-9,12-13H,1-5H3. The maximum atomic E-state index is 10.9. The summed E-state index contributed by atoms with van der Waals surface area (Å²) in [6.07, 6.45) is -0.113. The summed E-state index contributed by atoms with van der Waals surface area (Å²) in [5.74, 6) is 0.240. The molecule has 0 heterocycles. The lowest BCUT2D eigenvalue weighted by atomic mass is 9.86. The number of hydrogen-bond acceptors (Lipinski definition) is 2. The van der Waals surface area contributed by atoms with Crippen molar-refractivity contribution < 1.29 is 9.53 Å². The van der Waals surface area contributed by atoms with E-state index in [-0.39, 0.29) is 22.9 Å². The largest absolute Gasteiger partial charge is 0.449 e. The Morgan fingerprint density at radius 2 is 1.74 bits per heavy atom. The molecule has 0 saturated heterocycles. The van der Waals surface area contributed by atoms with Crippen LogP contribution in [0, 0.1) is 5.41 Å². The van der Waals surface area contributed by atoms with Crippen LogP contribution >= 0.6 is 11.6 Å². The molecule has 0 bridgehead atoms. The second-order valence-corrected chi connectivity index (χ2v) is 7.26. The van der Waals surface area contributed by atoms with Crippen LogP contribution in [0.15, 0.2) is 24.3 Å². The van der Waals surface area contributed by atoms with E-state index < -0.39 is 5.43 Å². The Balaban J connectivity index is 2.18. The highest BCUT2D eigenvalue weighted by molar-refractivity contribution is 6.61. The number of carbonyl (C=O) groups excluding carboxylic acids is 1. The first kappa shape index (κ1) is 14.4. The maximum Gasteiger partial charge on any atom is 0.404 e. The molecule has 2 atom stereocenters. The number of ether oxygens (including phenoxy) is 1. The third kappa shape index (κ3) is 2.79. The van der Waals surface area contributed by atoms with Crippen molar-refractivity contribution >= 4 is 17.0 Å². The summed E-state index contributed by atoms with van der Waals surface area (Å²) in [6.45, 7) is 10.8. The lowest BCUT2D eigenvalue weighted by molar-refractivity contribution is 0.150. The molecular weight excluding hydrogens is 260 g/mol. The summed E-state index contributed by atoms with van der Waals surface area (Å²) in [4.78, 5) is 10.9. The average molecular weight is 281 g/mol. The monoisotopic (exact) mass is 280 g/mol. The first-order valence-corrected chi connectivity index (χ1v) is 6.98. The molecular formula is C16H21ClO2. The Labute approximate surface area is 120 Å². The minimum Gasteiger partial charge on any atom is -0.449 e. The molecule has 1 aliphatic carbocycles. The molecule has 0 aliphatic heterocycles. The Hall–Kier alpha value is -1.02. The molecule has 1 aliphatic rings. The summed E-state index contributed by atoms with van der Waals surface area (Å²) >= 11 is 5.32. The molecule has 19 heavy (non-hydrogen) atoms. The molecule has 2 nitrogen and oxygen atoms in total. The molecule has 0 spiro atoms. The van der Waals surface area contributed by atoms with Gasteiger partial charge in [0.1, 0.15) is 6.10 Å². The Kier molecular flexibility index (Phi) is 3.42. The molecule has 0 amide bonds. The van der Waals surface area contributed by atoms with E-state index in [1.54, 1.807) is 0 Å². The van der Waals surface area contributed by atoms with Crippen molar-refractivity contribution in [3.05, 3.63) is 35.4 Å². The number of rotatable bonds is 2. The van der Waals surface area contributed by atoms with Crippen LogP contribution in [0.1, 0.15) is 51.7 Å². The van der Waals surface area contributed by atoms with Crippen molar-refractivity contribution in [2.45, 2.75) is 52.1 Å². The topological polar surface area (TPSA) is 26.3 Å². The zero-order valence-corrected chi connectivity index (χ0v) is 12.9. The van der Waals surface area contributed by atoms with E-state index in [0.717, 1.165) is 0 Å². The minimum absolute atomic E-state index is 0.0339. The van der Waals surface area contributed by atoms with Crippen molar-refractivity contribution in [2.24, 2.45) is 5.41 Å². The van der Waals surface area contributed by atoms with Gasteiger partial charge in [-0.05, 0) is 16.5 Å². The zero-order chi connectivity index (χ0) is 14.4. The highest BCUT2D eigenvalue weighted by Gasteiger charge is 2.61. The number of halogens is 1. The minimum atomic E-state index is -0.716. The predicted octanol–water partition coefficient (Wildman–Crippen LogP) is 4.85. The second kappa shape index (κ2) is 4.52. The van der Waals surface area contributed by atoms with Gasteiger partial charge in [0, 0.05) is 22.9 Å². The highest BCUT2D eigenvalue weighted by atomic mass is 35.5. The van der Waals surface area contributed by atoms with Crippen LogP contribution in [-0.4, -0.2) is 11.5 Å². The molecule has 3 heteroatoms. The van der Waals surface area contributed by atoms with E-state index in [1.807, 2.05) is 0 Å². The molecule has 0 aromatic heterocycles. The van der Waals surface area contributed by atoms with Gasteiger partial charge in [-0.2, -0.15) is 0 Å². The normalized spacial score (nSPS) is 24.9. The SMILES string of the molecule is CC(C)(C)c1ccc(C2C(OC(=O)Cl)C2(C)C)cc1. The van der Waals surface area contributed by atoms with Crippen molar-refractivity contribution in [2.75, 3.05) is 0 Å². The molecule has 1 fully saturated rings. The van der Waals surface area contributed by atoms with Gasteiger partial charge in [-0.15, -0.1) is 0 Å². The summed E-state index contributed by atoms with van der Waals surface area (Å²) in [5.41, 5.74) is 1.92. The van der Waals surface area contributed by atoms with Crippen LogP contribution in [-0.2, 0) is 10.2 Å². The van der Waals surface area contributed by atoms with Gasteiger partial charge in [0.05, 0.1) is 0 Å². The van der Waals surface area contributed by atoms with Crippen molar-refractivity contribution in [1.82, 2.24) is 0 Å². The fourth-order valence-corrected chi connectivity index (χ4v) is 2.80. The summed E-state index contributed by atoms with van der Waals surface area (Å²) in [7, 11) is 0. The first-order valence-electron chi connectivity index (χ1n) is 6.60. The second-order valence-electron chi connectivity index (χ2n) is 6.95. The fourth-order valence-electron chi connectivity index (χ4n) is 2.71. The van der Waals surface area contributed by atoms with Gasteiger partial charge < -0.3 is 4.74 Å². The molecule has 0 radical (unpaired) electrons. The fraction of sp³-hybridized carbons (Fsp3) is 0.562. The van der Waals surface area contributed by atoms with Gasteiger partial charge in [0.15, 0.2) is 0 Å². The molecule has 2 unspecified atom stereocenters. The summed E-state index contributed by atoms with van der Waals surface area (Å²) < 4.78 is 5.17. The van der Waals surface area contributed by atoms with Gasteiger partial charge >= 0.3 is 5.43 Å². The summed E-state index contributed by atoms with van der Waals surface area (Å²) in [6, 6.07) is 8.58. The summed E-state index contributed by atoms with van der Waals surface area (Å²) in [5, 5.41) is 0. The Morgan fingerprint density at radius 1 is 1.21 bits per heavy atom. The number of hydrogen-bond donors (Lipinski definition) is 0. The lowest BCUT2D eigenvalue weighted by Crippen LogP contribution is -2.10. The van der Waals surface area contributed by atoms with Gasteiger partial charge in [0.2, 0.25) is 0 Å². The van der Waals surface area contributed by atoms with Crippen molar-refractivity contribution in [3.63, 3.8) is 0 Å². The Morgan fingerprint density at radius 3 is 2.16 bits per heavy atom. The quantitative estimate of drug-likeness (QED) is 0.724. The maximum absolute atomic E-state index is 10.9. The van der Waals surface area contributed by atoms with Crippen LogP contribution < -0.4 is 0 Å². The van der Waals surface area contributed by atoms with E-state index in [9.17, 15) is 4.79 Å². The van der Waals surface area contributed by atoms with Crippen LogP contribution in [0.25, 0.3) is 0 Å². The molecule has 1 aromatic carbocycles. The van der Waals surface area contributed by atoms with E-state index in [0.29, 0.717) is 0 Å². The smallest absolute Gasteiger partial charge is 0.404 e. The van der Waals surface area contributed by atoms with Gasteiger partial charge in [-0.3, -0.25) is 0 Å². The van der Waals surface area contributed by atoms with Crippen molar-refractivity contribution in [1.29, 1.82) is 0 Å². The molecule has 104 valence electrons. The molecule has 0 N–H and O–H groups in total. The third-order valence-corrected chi connectivity index (χ3v) is 4.17. The van der Waals surface area contributed by atoms with Gasteiger partial charge in [-0.25, -0.2) is 4.79 Å². The van der Waals surface area contributed by atoms with Gasteiger partial charge in [-0.1, -0.05) is 58.9 Å². The van der Waals surface area contributed by atoms with E-state index in [1.165, 1.54) is 11.1 Å². The van der Waals surface area contributed by atoms with E-state index >= 15 is 0 Å². The average Bonchev–Trinajstić information content (AvgIpc) is 2.78. The molecule has 2 rings (SSSR count). The van der Waals surface area contributed by atoms with Crippen LogP contribution in [0.2, 0.25) is 0 Å². The number of carbonyl (C=O) groups is 1. The van der Waals surface area contributed by atoms with Crippen LogP contribution in [0.3, 0.4) is 0 Å². The van der Waals surface area contributed by atoms with Gasteiger partial charge in [0.25, 0.3) is 0 Å². The highest BCUT2D eigenvalue weighted by Crippen LogP contribution is 2.60. The van der Waals surface area contributed by atoms with Crippen molar-refractivity contribution in [3.8, 4) is 0 Å². The predicted molar refractivity (Wildman–Crippen MR) is 77.8 cm³/mol. The zero-order valence-electron chi connectivity index (χ0n) is 12.2. The van der Waals surface area contributed by atoms with E-state index in [2.05, 4.69) is 58.9 Å².